The predicted molar refractivity (Wildman–Crippen MR) is 213 cm³/mol. The number of fused-ring (bicyclic) bond motifs is 7. The van der Waals surface area contributed by atoms with Crippen LogP contribution in [0, 0.1) is 5.92 Å². The molecule has 288 valence electrons. The lowest BCUT2D eigenvalue weighted by Crippen LogP contribution is -2.44. The molecule has 0 radical (unpaired) electrons. The number of amides is 1. The van der Waals surface area contributed by atoms with Crippen LogP contribution in [0.1, 0.15) is 60.4 Å². The highest BCUT2D eigenvalue weighted by atomic mass is 16.6. The summed E-state index contributed by atoms with van der Waals surface area (Å²) in [6.45, 7) is 6.84. The molecule has 56 heavy (non-hydrogen) atoms. The zero-order valence-corrected chi connectivity index (χ0v) is 31.9. The number of aliphatic hydroxyl groups excluding tert-OH is 1. The molecule has 9 nitrogen and oxygen atoms in total. The molecule has 1 N–H and O–H groups in total. The standard InChI is InChI=1S/C22H23NO4.C16H14O2.C9H10O2/c1-13-10-23(20-19(24)12-26-21(13)20)22(25)27-11-18-16-8-4-2-6-14(16)15-7-3-5-9-17(15)18;1-11(17)18-10-16-14-8-4-2-6-12(14)13-7-3-5-9-15(13)16;1-8(10)11-7-9-5-3-2-4-6-9/h2-9,13,18-21,24H,10-12H2,1H3;2-9,16H,10H2,1H3;2-6H,7H2,1H3/t13-,19+,20-,21-;;/m1../s1. The normalized spacial score (nSPS) is 19.8. The molecule has 4 aliphatic rings. The summed E-state index contributed by atoms with van der Waals surface area (Å²) in [5, 5.41) is 10.2. The van der Waals surface area contributed by atoms with Gasteiger partial charge in [0, 0.05) is 38.1 Å². The number of aliphatic hydroxyl groups is 1. The van der Waals surface area contributed by atoms with Crippen molar-refractivity contribution < 1.29 is 38.4 Å². The summed E-state index contributed by atoms with van der Waals surface area (Å²) in [4.78, 5) is 35.8. The molecule has 5 aromatic carbocycles. The largest absolute Gasteiger partial charge is 0.465 e. The van der Waals surface area contributed by atoms with E-state index < -0.39 is 6.10 Å². The van der Waals surface area contributed by atoms with Crippen LogP contribution in [0.5, 0.6) is 0 Å². The smallest absolute Gasteiger partial charge is 0.410 e. The molecule has 0 unspecified atom stereocenters. The maximum absolute atomic E-state index is 12.8. The van der Waals surface area contributed by atoms with Gasteiger partial charge in [0.25, 0.3) is 0 Å². The van der Waals surface area contributed by atoms with Gasteiger partial charge in [-0.1, -0.05) is 134 Å². The third-order valence-electron chi connectivity index (χ3n) is 10.9. The van der Waals surface area contributed by atoms with E-state index in [-0.39, 0.29) is 54.5 Å². The monoisotopic (exact) mass is 753 g/mol. The summed E-state index contributed by atoms with van der Waals surface area (Å²) < 4.78 is 21.4. The Kier molecular flexibility index (Phi) is 11.9. The number of hydrogen-bond acceptors (Lipinski definition) is 8. The number of rotatable bonds is 6. The fourth-order valence-corrected chi connectivity index (χ4v) is 8.32. The average molecular weight is 754 g/mol. The minimum atomic E-state index is -0.638. The summed E-state index contributed by atoms with van der Waals surface area (Å²) in [5.74, 6) is -0.0541. The second-order valence-corrected chi connectivity index (χ2v) is 14.6. The van der Waals surface area contributed by atoms with E-state index in [9.17, 15) is 19.5 Å². The van der Waals surface area contributed by atoms with Crippen LogP contribution >= 0.6 is 0 Å². The maximum atomic E-state index is 12.8. The average Bonchev–Trinajstić information content (AvgIpc) is 3.96. The zero-order valence-electron chi connectivity index (χ0n) is 31.9. The second kappa shape index (κ2) is 17.4. The molecular formula is C47H47NO8. The van der Waals surface area contributed by atoms with E-state index in [0.717, 1.165) is 5.56 Å². The Hall–Kier alpha value is -5.77. The fraction of sp³-hybridized carbons (Fsp3) is 0.298. The highest BCUT2D eigenvalue weighted by molar-refractivity contribution is 5.80. The van der Waals surface area contributed by atoms with Crippen molar-refractivity contribution in [2.75, 3.05) is 26.4 Å². The van der Waals surface area contributed by atoms with Crippen LogP contribution in [0.15, 0.2) is 127 Å². The third-order valence-corrected chi connectivity index (χ3v) is 10.9. The van der Waals surface area contributed by atoms with Gasteiger partial charge in [0.2, 0.25) is 0 Å². The molecule has 2 saturated heterocycles. The van der Waals surface area contributed by atoms with E-state index >= 15 is 0 Å². The lowest BCUT2D eigenvalue weighted by molar-refractivity contribution is -0.142. The fourth-order valence-electron chi connectivity index (χ4n) is 8.32. The molecule has 5 aromatic rings. The molecule has 1 amide bonds. The van der Waals surface area contributed by atoms with Crippen molar-refractivity contribution in [2.24, 2.45) is 5.92 Å². The van der Waals surface area contributed by atoms with E-state index in [4.69, 9.17) is 18.9 Å². The molecule has 2 heterocycles. The summed E-state index contributed by atoms with van der Waals surface area (Å²) in [6, 6.07) is 42.5. The maximum Gasteiger partial charge on any atom is 0.410 e. The number of esters is 2. The molecule has 0 saturated carbocycles. The number of carbonyl (C=O) groups is 3. The van der Waals surface area contributed by atoms with Crippen molar-refractivity contribution in [3.05, 3.63) is 155 Å². The Morgan fingerprint density at radius 1 is 0.625 bits per heavy atom. The van der Waals surface area contributed by atoms with Gasteiger partial charge in [0.15, 0.2) is 0 Å². The molecule has 2 fully saturated rings. The SMILES string of the molecule is CC(=O)OCC1c2ccccc2-c2ccccc21.CC(=O)OCc1ccccc1.C[C@@H]1CN(C(=O)OCC2c3ccccc3-c3ccccc32)[C@H]2[C@@H]1OC[C@@H]2O. The van der Waals surface area contributed by atoms with Gasteiger partial charge in [-0.15, -0.1) is 0 Å². The molecule has 2 aliphatic carbocycles. The van der Waals surface area contributed by atoms with Gasteiger partial charge < -0.3 is 24.1 Å². The minimum Gasteiger partial charge on any atom is -0.465 e. The van der Waals surface area contributed by atoms with Gasteiger partial charge >= 0.3 is 18.0 Å². The van der Waals surface area contributed by atoms with Crippen molar-refractivity contribution in [3.63, 3.8) is 0 Å². The number of carbonyl (C=O) groups excluding carboxylic acids is 3. The van der Waals surface area contributed by atoms with Gasteiger partial charge in [-0.3, -0.25) is 14.5 Å². The first-order valence-corrected chi connectivity index (χ1v) is 19.1. The van der Waals surface area contributed by atoms with Crippen molar-refractivity contribution in [1.82, 2.24) is 4.90 Å². The first-order valence-electron chi connectivity index (χ1n) is 19.1. The predicted octanol–water partition coefficient (Wildman–Crippen LogP) is 8.13. The van der Waals surface area contributed by atoms with Crippen LogP contribution in [-0.4, -0.2) is 72.7 Å². The highest BCUT2D eigenvalue weighted by Crippen LogP contribution is 2.46. The van der Waals surface area contributed by atoms with Gasteiger partial charge in [-0.2, -0.15) is 0 Å². The zero-order chi connectivity index (χ0) is 39.2. The first kappa shape index (κ1) is 38.5. The lowest BCUT2D eigenvalue weighted by Gasteiger charge is -2.25. The Balaban J connectivity index is 0.000000143. The van der Waals surface area contributed by atoms with Crippen LogP contribution in [-0.2, 0) is 35.1 Å². The topological polar surface area (TPSA) is 112 Å². The van der Waals surface area contributed by atoms with Crippen LogP contribution in [0.2, 0.25) is 0 Å². The molecule has 2 aliphatic heterocycles. The Labute approximate surface area is 327 Å². The van der Waals surface area contributed by atoms with Crippen molar-refractivity contribution in [1.29, 1.82) is 0 Å². The van der Waals surface area contributed by atoms with E-state index in [1.807, 2.05) is 85.8 Å². The van der Waals surface area contributed by atoms with Crippen LogP contribution < -0.4 is 0 Å². The van der Waals surface area contributed by atoms with Crippen molar-refractivity contribution >= 4 is 18.0 Å². The molecule has 0 spiro atoms. The van der Waals surface area contributed by atoms with Gasteiger partial charge in [-0.25, -0.2) is 4.79 Å². The van der Waals surface area contributed by atoms with Crippen LogP contribution in [0.3, 0.4) is 0 Å². The Bertz CT molecular complexity index is 2080. The van der Waals surface area contributed by atoms with E-state index in [1.165, 1.54) is 58.4 Å². The van der Waals surface area contributed by atoms with E-state index in [0.29, 0.717) is 26.4 Å². The molecule has 9 heteroatoms. The summed E-state index contributed by atoms with van der Waals surface area (Å²) in [6.07, 6.45) is -1.10. The lowest BCUT2D eigenvalue weighted by atomic mass is 9.98. The van der Waals surface area contributed by atoms with Gasteiger partial charge in [0.05, 0.1) is 18.8 Å². The second-order valence-electron chi connectivity index (χ2n) is 14.6. The number of likely N-dealkylation sites (tertiary alicyclic amines) is 1. The summed E-state index contributed by atoms with van der Waals surface area (Å²) in [7, 11) is 0. The number of hydrogen-bond donors (Lipinski definition) is 1. The quantitative estimate of drug-likeness (QED) is 0.137. The molecule has 9 rings (SSSR count). The first-order chi connectivity index (χ1) is 27.2. The molecule has 0 aromatic heterocycles. The molecule has 0 bridgehead atoms. The van der Waals surface area contributed by atoms with E-state index in [2.05, 4.69) is 48.5 Å². The van der Waals surface area contributed by atoms with E-state index in [1.54, 1.807) is 4.90 Å². The third kappa shape index (κ3) is 8.25. The highest BCUT2D eigenvalue weighted by Gasteiger charge is 2.51. The Morgan fingerprint density at radius 3 is 1.52 bits per heavy atom. The summed E-state index contributed by atoms with van der Waals surface area (Å²) in [5.41, 5.74) is 10.8. The molecule has 4 atom stereocenters. The van der Waals surface area contributed by atoms with Crippen molar-refractivity contribution in [2.45, 2.75) is 57.5 Å². The van der Waals surface area contributed by atoms with Crippen LogP contribution in [0.25, 0.3) is 22.3 Å². The van der Waals surface area contributed by atoms with Crippen LogP contribution in [0.4, 0.5) is 4.79 Å². The Morgan fingerprint density at radius 2 is 1.05 bits per heavy atom. The van der Waals surface area contributed by atoms with Crippen molar-refractivity contribution in [3.8, 4) is 22.3 Å². The van der Waals surface area contributed by atoms with Gasteiger partial charge in [0.1, 0.15) is 25.9 Å². The number of ether oxygens (including phenoxy) is 4. The minimum absolute atomic E-state index is 0.0434. The molecular weight excluding hydrogens is 707 g/mol. The number of benzene rings is 5. The number of nitrogens with zero attached hydrogens (tertiary/aromatic N) is 1. The van der Waals surface area contributed by atoms with Gasteiger partial charge in [-0.05, 0) is 50.1 Å². The summed E-state index contributed by atoms with van der Waals surface area (Å²) >= 11 is 0.